The molecule has 2 rings (SSSR count). The van der Waals surface area contributed by atoms with E-state index in [2.05, 4.69) is 21.8 Å². The number of hydrogen-bond donors (Lipinski definition) is 1. The molecule has 0 saturated carbocycles. The minimum absolute atomic E-state index is 0.365. The van der Waals surface area contributed by atoms with Gasteiger partial charge in [-0.15, -0.1) is 0 Å². The normalized spacial score (nSPS) is 21.6. The standard InChI is InChI=1S/C10H16N4/c1-7-6-12-10(11)13-9(7)14-5-3-4-8(14)2/h6,8H,3-5H2,1-2H3,(H2,11,12,13). The highest BCUT2D eigenvalue weighted by Crippen LogP contribution is 2.26. The molecular weight excluding hydrogens is 176 g/mol. The van der Waals surface area contributed by atoms with Gasteiger partial charge in [-0.2, -0.15) is 4.98 Å². The van der Waals surface area contributed by atoms with Crippen molar-refractivity contribution in [2.24, 2.45) is 0 Å². The number of hydrogen-bond acceptors (Lipinski definition) is 4. The summed E-state index contributed by atoms with van der Waals surface area (Å²) in [5, 5.41) is 0. The Bertz CT molecular complexity index is 337. The topological polar surface area (TPSA) is 55.0 Å². The van der Waals surface area contributed by atoms with E-state index in [1.807, 2.05) is 6.92 Å². The predicted octanol–water partition coefficient (Wildman–Crippen LogP) is 1.36. The highest BCUT2D eigenvalue weighted by Gasteiger charge is 2.23. The summed E-state index contributed by atoms with van der Waals surface area (Å²) in [5.74, 6) is 1.37. The van der Waals surface area contributed by atoms with Crippen LogP contribution < -0.4 is 10.6 Å². The molecule has 1 aliphatic rings. The lowest BCUT2D eigenvalue weighted by molar-refractivity contribution is 0.724. The molecule has 14 heavy (non-hydrogen) atoms. The number of nitrogens with zero attached hydrogens (tertiary/aromatic N) is 3. The smallest absolute Gasteiger partial charge is 0.221 e. The van der Waals surface area contributed by atoms with Crippen molar-refractivity contribution in [2.45, 2.75) is 32.7 Å². The van der Waals surface area contributed by atoms with Crippen LogP contribution in [0.4, 0.5) is 11.8 Å². The van der Waals surface area contributed by atoms with Crippen molar-refractivity contribution in [3.63, 3.8) is 0 Å². The van der Waals surface area contributed by atoms with E-state index in [-0.39, 0.29) is 0 Å². The molecule has 0 spiro atoms. The zero-order chi connectivity index (χ0) is 10.1. The molecule has 0 aromatic carbocycles. The van der Waals surface area contributed by atoms with Crippen molar-refractivity contribution in [1.82, 2.24) is 9.97 Å². The first-order valence-corrected chi connectivity index (χ1v) is 5.04. The number of anilines is 2. The Kier molecular flexibility index (Phi) is 2.27. The van der Waals surface area contributed by atoms with Crippen molar-refractivity contribution in [1.29, 1.82) is 0 Å². The first kappa shape index (κ1) is 9.24. The summed E-state index contributed by atoms with van der Waals surface area (Å²) >= 11 is 0. The van der Waals surface area contributed by atoms with Crippen LogP contribution >= 0.6 is 0 Å². The number of nitrogens with two attached hydrogens (primary N) is 1. The van der Waals surface area contributed by atoms with Gasteiger partial charge in [0.2, 0.25) is 5.95 Å². The third-order valence-electron chi connectivity index (χ3n) is 2.79. The fourth-order valence-corrected chi connectivity index (χ4v) is 1.98. The summed E-state index contributed by atoms with van der Waals surface area (Å²) in [5.41, 5.74) is 6.70. The lowest BCUT2D eigenvalue weighted by atomic mass is 10.2. The Hall–Kier alpha value is -1.32. The first-order valence-electron chi connectivity index (χ1n) is 5.04. The van der Waals surface area contributed by atoms with Gasteiger partial charge >= 0.3 is 0 Å². The molecule has 2 heterocycles. The molecule has 0 amide bonds. The van der Waals surface area contributed by atoms with Gasteiger partial charge in [0.1, 0.15) is 5.82 Å². The van der Waals surface area contributed by atoms with E-state index in [1.165, 1.54) is 12.8 Å². The van der Waals surface area contributed by atoms with Crippen LogP contribution in [0.5, 0.6) is 0 Å². The summed E-state index contributed by atoms with van der Waals surface area (Å²) < 4.78 is 0. The minimum atomic E-state index is 0.365. The first-order chi connectivity index (χ1) is 6.68. The van der Waals surface area contributed by atoms with Crippen LogP contribution in [0.1, 0.15) is 25.3 Å². The van der Waals surface area contributed by atoms with Crippen molar-refractivity contribution in [3.8, 4) is 0 Å². The Labute approximate surface area is 84.2 Å². The summed E-state index contributed by atoms with van der Waals surface area (Å²) in [4.78, 5) is 10.6. The molecule has 1 unspecified atom stereocenters. The number of aryl methyl sites for hydroxylation is 1. The predicted molar refractivity (Wildman–Crippen MR) is 57.2 cm³/mol. The average Bonchev–Trinajstić information content (AvgIpc) is 2.56. The summed E-state index contributed by atoms with van der Waals surface area (Å²) in [6.45, 7) is 5.34. The molecule has 4 heteroatoms. The maximum atomic E-state index is 5.59. The van der Waals surface area contributed by atoms with E-state index in [4.69, 9.17) is 5.73 Å². The fourth-order valence-electron chi connectivity index (χ4n) is 1.98. The SMILES string of the molecule is Cc1cnc(N)nc1N1CCCC1C. The largest absolute Gasteiger partial charge is 0.368 e. The van der Waals surface area contributed by atoms with Crippen molar-refractivity contribution >= 4 is 11.8 Å². The van der Waals surface area contributed by atoms with E-state index in [0.717, 1.165) is 17.9 Å². The second-order valence-electron chi connectivity index (χ2n) is 3.92. The zero-order valence-corrected chi connectivity index (χ0v) is 8.70. The average molecular weight is 192 g/mol. The summed E-state index contributed by atoms with van der Waals surface area (Å²) in [7, 11) is 0. The molecule has 4 nitrogen and oxygen atoms in total. The van der Waals surface area contributed by atoms with E-state index in [9.17, 15) is 0 Å². The van der Waals surface area contributed by atoms with Gasteiger partial charge in [-0.05, 0) is 26.7 Å². The van der Waals surface area contributed by atoms with Crippen LogP contribution in [-0.4, -0.2) is 22.6 Å². The van der Waals surface area contributed by atoms with Crippen LogP contribution in [0.2, 0.25) is 0 Å². The minimum Gasteiger partial charge on any atom is -0.368 e. The van der Waals surface area contributed by atoms with E-state index in [0.29, 0.717) is 12.0 Å². The Morgan fingerprint density at radius 1 is 1.57 bits per heavy atom. The molecule has 1 aromatic rings. The van der Waals surface area contributed by atoms with Gasteiger partial charge in [-0.3, -0.25) is 0 Å². The zero-order valence-electron chi connectivity index (χ0n) is 8.70. The quantitative estimate of drug-likeness (QED) is 0.730. The molecule has 0 radical (unpaired) electrons. The fraction of sp³-hybridized carbons (Fsp3) is 0.600. The van der Waals surface area contributed by atoms with Gasteiger partial charge in [0.15, 0.2) is 0 Å². The Morgan fingerprint density at radius 3 is 3.00 bits per heavy atom. The Morgan fingerprint density at radius 2 is 2.36 bits per heavy atom. The second kappa shape index (κ2) is 3.44. The van der Waals surface area contributed by atoms with Crippen LogP contribution in [0.25, 0.3) is 0 Å². The van der Waals surface area contributed by atoms with Crippen LogP contribution in [0.15, 0.2) is 6.20 Å². The highest BCUT2D eigenvalue weighted by atomic mass is 15.2. The lowest BCUT2D eigenvalue weighted by Gasteiger charge is -2.23. The lowest BCUT2D eigenvalue weighted by Crippen LogP contribution is -2.28. The van der Waals surface area contributed by atoms with Crippen molar-refractivity contribution < 1.29 is 0 Å². The van der Waals surface area contributed by atoms with Gasteiger partial charge in [-0.25, -0.2) is 4.98 Å². The van der Waals surface area contributed by atoms with Crippen LogP contribution in [0, 0.1) is 6.92 Å². The molecule has 0 aliphatic carbocycles. The maximum absolute atomic E-state index is 5.59. The molecule has 0 bridgehead atoms. The third-order valence-corrected chi connectivity index (χ3v) is 2.79. The van der Waals surface area contributed by atoms with Crippen LogP contribution in [-0.2, 0) is 0 Å². The summed E-state index contributed by atoms with van der Waals surface area (Å²) in [6.07, 6.45) is 4.27. The van der Waals surface area contributed by atoms with Crippen LogP contribution in [0.3, 0.4) is 0 Å². The second-order valence-corrected chi connectivity index (χ2v) is 3.92. The van der Waals surface area contributed by atoms with Crippen molar-refractivity contribution in [2.75, 3.05) is 17.2 Å². The molecule has 1 atom stereocenters. The molecular formula is C10H16N4. The monoisotopic (exact) mass is 192 g/mol. The van der Waals surface area contributed by atoms with Crippen molar-refractivity contribution in [3.05, 3.63) is 11.8 Å². The number of aromatic nitrogens is 2. The van der Waals surface area contributed by atoms with Gasteiger partial charge in [0.05, 0.1) is 0 Å². The maximum Gasteiger partial charge on any atom is 0.221 e. The third kappa shape index (κ3) is 1.52. The number of rotatable bonds is 1. The molecule has 1 fully saturated rings. The van der Waals surface area contributed by atoms with Gasteiger partial charge < -0.3 is 10.6 Å². The van der Waals surface area contributed by atoms with Gasteiger partial charge in [0, 0.05) is 24.3 Å². The molecule has 76 valence electrons. The van der Waals surface area contributed by atoms with Gasteiger partial charge in [-0.1, -0.05) is 0 Å². The number of nitrogen functional groups attached to an aromatic ring is 1. The Balaban J connectivity index is 2.34. The highest BCUT2D eigenvalue weighted by molar-refractivity contribution is 5.49. The molecule has 1 saturated heterocycles. The molecule has 1 aromatic heterocycles. The molecule has 1 aliphatic heterocycles. The van der Waals surface area contributed by atoms with Gasteiger partial charge in [0.25, 0.3) is 0 Å². The van der Waals surface area contributed by atoms with E-state index in [1.54, 1.807) is 6.20 Å². The summed E-state index contributed by atoms with van der Waals surface area (Å²) in [6, 6.07) is 0.572. The molecule has 2 N–H and O–H groups in total. The van der Waals surface area contributed by atoms with E-state index < -0.39 is 0 Å². The van der Waals surface area contributed by atoms with E-state index >= 15 is 0 Å².